The maximum absolute atomic E-state index is 12.2. The summed E-state index contributed by atoms with van der Waals surface area (Å²) >= 11 is 0. The van der Waals surface area contributed by atoms with Crippen molar-refractivity contribution in [3.8, 4) is 0 Å². The second kappa shape index (κ2) is 11.7. The number of rotatable bonds is 8. The van der Waals surface area contributed by atoms with Crippen molar-refractivity contribution in [2.75, 3.05) is 0 Å². The van der Waals surface area contributed by atoms with E-state index in [1.807, 2.05) is 60.7 Å². The van der Waals surface area contributed by atoms with Crippen LogP contribution in [0.2, 0.25) is 0 Å². The van der Waals surface area contributed by atoms with Crippen LogP contribution >= 0.6 is 0 Å². The molecule has 6 nitrogen and oxygen atoms in total. The monoisotopic (exact) mass is 406 g/mol. The lowest BCUT2D eigenvalue weighted by Gasteiger charge is -2.11. The third kappa shape index (κ3) is 7.62. The maximum atomic E-state index is 12.2. The molecule has 2 aromatic rings. The molecule has 0 heterocycles. The van der Waals surface area contributed by atoms with Crippen molar-refractivity contribution in [1.29, 1.82) is 0 Å². The molecule has 0 spiro atoms. The first-order valence-corrected chi connectivity index (χ1v) is 10.2. The average molecular weight is 407 g/mol. The van der Waals surface area contributed by atoms with Crippen molar-refractivity contribution < 1.29 is 9.59 Å². The van der Waals surface area contributed by atoms with E-state index in [0.29, 0.717) is 24.7 Å². The lowest BCUT2D eigenvalue weighted by molar-refractivity contribution is -0.139. The van der Waals surface area contributed by atoms with Gasteiger partial charge in [-0.3, -0.25) is 9.59 Å². The molecule has 0 radical (unpaired) electrons. The highest BCUT2D eigenvalue weighted by atomic mass is 16.2. The Hall–Kier alpha value is -3.28. The number of nitrogens with one attached hydrogen (secondary N) is 2. The van der Waals surface area contributed by atoms with E-state index in [-0.39, 0.29) is 0 Å². The van der Waals surface area contributed by atoms with Gasteiger partial charge in [-0.25, -0.2) is 10.9 Å². The summed E-state index contributed by atoms with van der Waals surface area (Å²) in [7, 11) is 0. The molecule has 0 saturated heterocycles. The maximum Gasteiger partial charge on any atom is 0.331 e. The van der Waals surface area contributed by atoms with Gasteiger partial charge >= 0.3 is 11.8 Å². The van der Waals surface area contributed by atoms with Crippen LogP contribution in [-0.4, -0.2) is 23.2 Å². The summed E-state index contributed by atoms with van der Waals surface area (Å²) in [4.78, 5) is 24.5. The quantitative estimate of drug-likeness (QED) is 0.393. The number of amides is 2. The van der Waals surface area contributed by atoms with Crippen LogP contribution in [0.5, 0.6) is 0 Å². The fraction of sp³-hybridized carbons (Fsp3) is 0.333. The topological polar surface area (TPSA) is 82.9 Å². The van der Waals surface area contributed by atoms with Crippen LogP contribution in [0.25, 0.3) is 0 Å². The summed E-state index contributed by atoms with van der Waals surface area (Å²) in [6, 6.07) is 19.2. The van der Waals surface area contributed by atoms with Crippen LogP contribution < -0.4 is 10.9 Å². The summed E-state index contributed by atoms with van der Waals surface area (Å²) in [6.45, 7) is 8.28. The molecular formula is C24H30N4O2. The molecule has 0 fully saturated rings. The van der Waals surface area contributed by atoms with Crippen molar-refractivity contribution in [3.05, 3.63) is 71.8 Å². The second-order valence-electron chi connectivity index (χ2n) is 7.93. The zero-order chi connectivity index (χ0) is 21.9. The molecule has 2 N–H and O–H groups in total. The van der Waals surface area contributed by atoms with Gasteiger partial charge in [-0.15, -0.1) is 0 Å². The SMILES string of the molecule is CC(C)C/C(=N\NC(=O)C(=O)N/N=C(\CC(C)C)c1ccccc1)c1ccccc1. The van der Waals surface area contributed by atoms with Crippen molar-refractivity contribution in [2.45, 2.75) is 40.5 Å². The van der Waals surface area contributed by atoms with Gasteiger partial charge < -0.3 is 0 Å². The molecule has 2 aromatic carbocycles. The van der Waals surface area contributed by atoms with Crippen LogP contribution in [0.15, 0.2) is 70.9 Å². The zero-order valence-corrected chi connectivity index (χ0v) is 18.1. The molecule has 0 atom stereocenters. The van der Waals surface area contributed by atoms with Crippen molar-refractivity contribution in [3.63, 3.8) is 0 Å². The van der Waals surface area contributed by atoms with E-state index in [0.717, 1.165) is 22.6 Å². The molecule has 6 heteroatoms. The van der Waals surface area contributed by atoms with Gasteiger partial charge in [-0.2, -0.15) is 10.2 Å². The molecule has 30 heavy (non-hydrogen) atoms. The Morgan fingerprint density at radius 2 is 1.00 bits per heavy atom. The molecule has 0 aliphatic carbocycles. The smallest absolute Gasteiger partial charge is 0.262 e. The first-order valence-electron chi connectivity index (χ1n) is 10.2. The average Bonchev–Trinajstić information content (AvgIpc) is 2.74. The molecule has 0 aliphatic heterocycles. The Bertz CT molecular complexity index is 812. The van der Waals surface area contributed by atoms with E-state index in [4.69, 9.17) is 0 Å². The number of hydrogen-bond acceptors (Lipinski definition) is 4. The minimum atomic E-state index is -0.854. The van der Waals surface area contributed by atoms with Crippen LogP contribution in [0.3, 0.4) is 0 Å². The van der Waals surface area contributed by atoms with Gasteiger partial charge in [0.25, 0.3) is 0 Å². The zero-order valence-electron chi connectivity index (χ0n) is 18.1. The van der Waals surface area contributed by atoms with Gasteiger partial charge in [0, 0.05) is 0 Å². The number of nitrogens with zero attached hydrogens (tertiary/aromatic N) is 2. The Labute approximate surface area is 178 Å². The molecule has 158 valence electrons. The first-order chi connectivity index (χ1) is 14.4. The lowest BCUT2D eigenvalue weighted by atomic mass is 10.0. The van der Waals surface area contributed by atoms with Gasteiger partial charge in [-0.1, -0.05) is 88.4 Å². The Balaban J connectivity index is 2.09. The molecular weight excluding hydrogens is 376 g/mol. The molecule has 2 rings (SSSR count). The largest absolute Gasteiger partial charge is 0.331 e. The predicted molar refractivity (Wildman–Crippen MR) is 121 cm³/mol. The molecule has 2 amide bonds. The van der Waals surface area contributed by atoms with Crippen LogP contribution in [0.1, 0.15) is 51.7 Å². The molecule has 0 saturated carbocycles. The van der Waals surface area contributed by atoms with Gasteiger partial charge in [0.2, 0.25) is 0 Å². The number of carbonyl (C=O) groups is 2. The number of hydrogen-bond donors (Lipinski definition) is 2. The second-order valence-corrected chi connectivity index (χ2v) is 7.93. The van der Waals surface area contributed by atoms with Crippen molar-refractivity contribution >= 4 is 23.2 Å². The fourth-order valence-electron chi connectivity index (χ4n) is 2.83. The first kappa shape index (κ1) is 23.0. The summed E-state index contributed by atoms with van der Waals surface area (Å²) < 4.78 is 0. The van der Waals surface area contributed by atoms with Gasteiger partial charge in [0.1, 0.15) is 0 Å². The minimum absolute atomic E-state index is 0.351. The molecule has 0 aromatic heterocycles. The number of hydrazone groups is 2. The van der Waals surface area contributed by atoms with E-state index in [9.17, 15) is 9.59 Å². The van der Waals surface area contributed by atoms with Crippen LogP contribution in [0.4, 0.5) is 0 Å². The molecule has 0 bridgehead atoms. The fourth-order valence-corrected chi connectivity index (χ4v) is 2.83. The van der Waals surface area contributed by atoms with Gasteiger partial charge in [0.15, 0.2) is 0 Å². The van der Waals surface area contributed by atoms with Gasteiger partial charge in [-0.05, 0) is 35.8 Å². The van der Waals surface area contributed by atoms with Crippen LogP contribution in [0, 0.1) is 11.8 Å². The highest BCUT2D eigenvalue weighted by Gasteiger charge is 2.15. The van der Waals surface area contributed by atoms with E-state index in [1.54, 1.807) is 0 Å². The third-order valence-electron chi connectivity index (χ3n) is 4.21. The highest BCUT2D eigenvalue weighted by molar-refractivity contribution is 6.35. The standard InChI is InChI=1S/C24H30N4O2/c1-17(2)15-21(19-11-7-5-8-12-19)25-27-23(29)24(30)28-26-22(16-18(3)4)20-13-9-6-10-14-20/h5-14,17-18H,15-16H2,1-4H3,(H,27,29)(H,28,30)/b25-21+,26-22+. The van der Waals surface area contributed by atoms with E-state index < -0.39 is 11.8 Å². The van der Waals surface area contributed by atoms with E-state index >= 15 is 0 Å². The van der Waals surface area contributed by atoms with E-state index in [2.05, 4.69) is 48.7 Å². The lowest BCUT2D eigenvalue weighted by Crippen LogP contribution is -2.36. The summed E-state index contributed by atoms with van der Waals surface area (Å²) in [6.07, 6.45) is 1.35. The summed E-state index contributed by atoms with van der Waals surface area (Å²) in [5, 5.41) is 8.39. The summed E-state index contributed by atoms with van der Waals surface area (Å²) in [5.41, 5.74) is 7.98. The highest BCUT2D eigenvalue weighted by Crippen LogP contribution is 2.11. The minimum Gasteiger partial charge on any atom is -0.262 e. The van der Waals surface area contributed by atoms with Crippen molar-refractivity contribution in [2.24, 2.45) is 22.0 Å². The number of benzene rings is 2. The third-order valence-corrected chi connectivity index (χ3v) is 4.21. The Kier molecular flexibility index (Phi) is 8.94. The Morgan fingerprint density at radius 3 is 1.30 bits per heavy atom. The molecule has 0 unspecified atom stereocenters. The Morgan fingerprint density at radius 1 is 0.667 bits per heavy atom. The summed E-state index contributed by atoms with van der Waals surface area (Å²) in [5.74, 6) is -1.01. The molecule has 0 aliphatic rings. The predicted octanol–water partition coefficient (Wildman–Crippen LogP) is 4.12. The van der Waals surface area contributed by atoms with Crippen LogP contribution in [-0.2, 0) is 9.59 Å². The van der Waals surface area contributed by atoms with E-state index in [1.165, 1.54) is 0 Å². The van der Waals surface area contributed by atoms with Crippen molar-refractivity contribution in [1.82, 2.24) is 10.9 Å². The number of carbonyl (C=O) groups excluding carboxylic acids is 2. The normalized spacial score (nSPS) is 12.2. The van der Waals surface area contributed by atoms with Gasteiger partial charge in [0.05, 0.1) is 11.4 Å².